The number of carbonyl (C=O) groups excluding carboxylic acids is 2. The van der Waals surface area contributed by atoms with Crippen molar-refractivity contribution < 1.29 is 31.2 Å². The zero-order chi connectivity index (χ0) is 35.2. The Morgan fingerprint density at radius 1 is 0.833 bits per heavy atom. The number of halogens is 6. The molecule has 1 N–H and O–H groups in total. The highest BCUT2D eigenvalue weighted by molar-refractivity contribution is 7.92. The molecule has 0 aliphatic rings. The van der Waals surface area contributed by atoms with Gasteiger partial charge in [-0.3, -0.25) is 13.9 Å². The van der Waals surface area contributed by atoms with E-state index in [0.717, 1.165) is 12.1 Å². The quantitative estimate of drug-likeness (QED) is 0.160. The number of benzene rings is 4. The van der Waals surface area contributed by atoms with E-state index in [1.54, 1.807) is 62.4 Å². The van der Waals surface area contributed by atoms with Crippen LogP contribution in [0.3, 0.4) is 0 Å². The van der Waals surface area contributed by atoms with Crippen LogP contribution in [0, 0.1) is 0 Å². The molecule has 2 amide bonds. The molecule has 0 aromatic heterocycles. The number of carbonyl (C=O) groups is 2. The van der Waals surface area contributed by atoms with Crippen LogP contribution in [0.15, 0.2) is 102 Å². The average molecular weight is 741 g/mol. The van der Waals surface area contributed by atoms with E-state index in [1.807, 2.05) is 0 Å². The molecule has 1 atom stereocenters. The van der Waals surface area contributed by atoms with Gasteiger partial charge in [-0.25, -0.2) is 8.42 Å². The molecule has 0 saturated carbocycles. The lowest BCUT2D eigenvalue weighted by atomic mass is 10.0. The number of anilines is 1. The first-order valence-corrected chi connectivity index (χ1v) is 17.2. The highest BCUT2D eigenvalue weighted by Crippen LogP contribution is 2.38. The summed E-state index contributed by atoms with van der Waals surface area (Å²) in [6, 6.07) is 21.5. The Kier molecular flexibility index (Phi) is 12.1. The van der Waals surface area contributed by atoms with Crippen LogP contribution in [0.2, 0.25) is 15.1 Å². The van der Waals surface area contributed by atoms with Crippen LogP contribution in [-0.2, 0) is 38.8 Å². The first kappa shape index (κ1) is 37.1. The van der Waals surface area contributed by atoms with Crippen molar-refractivity contribution >= 4 is 62.3 Å². The van der Waals surface area contributed by atoms with Gasteiger partial charge in [0.1, 0.15) is 12.6 Å². The molecule has 14 heteroatoms. The van der Waals surface area contributed by atoms with E-state index in [2.05, 4.69) is 5.32 Å². The Morgan fingerprint density at radius 3 is 2.04 bits per heavy atom. The van der Waals surface area contributed by atoms with Crippen LogP contribution in [0.25, 0.3) is 0 Å². The molecule has 0 aliphatic carbocycles. The van der Waals surface area contributed by atoms with Crippen molar-refractivity contribution in [2.45, 2.75) is 50.0 Å². The summed E-state index contributed by atoms with van der Waals surface area (Å²) in [6.07, 6.45) is -4.90. The Labute approximate surface area is 292 Å². The topological polar surface area (TPSA) is 86.8 Å². The van der Waals surface area contributed by atoms with Crippen LogP contribution in [0.1, 0.15) is 30.5 Å². The van der Waals surface area contributed by atoms with Crippen LogP contribution in [0.4, 0.5) is 18.9 Å². The van der Waals surface area contributed by atoms with Crippen molar-refractivity contribution in [1.82, 2.24) is 10.2 Å². The molecule has 48 heavy (non-hydrogen) atoms. The molecule has 0 spiro atoms. The minimum atomic E-state index is -4.92. The second-order valence-corrected chi connectivity index (χ2v) is 14.2. The van der Waals surface area contributed by atoms with E-state index in [1.165, 1.54) is 35.2 Å². The number of nitrogens with zero attached hydrogens (tertiary/aromatic N) is 2. The standard InChI is InChI=1S/C34H31Cl3F3N3O4S/c1-22(2)41-33(45)31(17-23-9-5-3-6-10-23)42(20-24-13-14-25(35)18-30(24)37)32(44)21-43(48(46,47)27-11-7-4-8-12-27)26-15-16-29(36)28(19-26)34(38,39)40/h3-16,18-19,22,31H,17,20-21H2,1-2H3,(H,41,45)/t31-/m1/s1. The highest BCUT2D eigenvalue weighted by atomic mass is 35.5. The molecule has 4 aromatic carbocycles. The van der Waals surface area contributed by atoms with Gasteiger partial charge in [-0.2, -0.15) is 13.2 Å². The predicted molar refractivity (Wildman–Crippen MR) is 182 cm³/mol. The van der Waals surface area contributed by atoms with Crippen molar-refractivity contribution in [3.05, 3.63) is 129 Å². The molecule has 0 saturated heterocycles. The summed E-state index contributed by atoms with van der Waals surface area (Å²) in [5.41, 5.74) is -0.652. The van der Waals surface area contributed by atoms with Gasteiger partial charge in [-0.05, 0) is 67.4 Å². The fourth-order valence-corrected chi connectivity index (χ4v) is 7.02. The lowest BCUT2D eigenvalue weighted by Gasteiger charge is -2.34. The lowest BCUT2D eigenvalue weighted by molar-refractivity contribution is -0.140. The van der Waals surface area contributed by atoms with Gasteiger partial charge >= 0.3 is 6.18 Å². The Balaban J connectivity index is 1.88. The van der Waals surface area contributed by atoms with Crippen molar-refractivity contribution in [3.8, 4) is 0 Å². The van der Waals surface area contributed by atoms with Crippen molar-refractivity contribution in [2.75, 3.05) is 10.8 Å². The van der Waals surface area contributed by atoms with Crippen molar-refractivity contribution in [1.29, 1.82) is 0 Å². The number of hydrogen-bond acceptors (Lipinski definition) is 4. The normalized spacial score (nSPS) is 12.4. The molecule has 254 valence electrons. The van der Waals surface area contributed by atoms with Gasteiger partial charge in [0.2, 0.25) is 11.8 Å². The second kappa shape index (κ2) is 15.6. The summed E-state index contributed by atoms with van der Waals surface area (Å²) in [6.45, 7) is 2.26. The third kappa shape index (κ3) is 9.22. The molecule has 0 fully saturated rings. The summed E-state index contributed by atoms with van der Waals surface area (Å²) < 4.78 is 70.5. The summed E-state index contributed by atoms with van der Waals surface area (Å²) in [5, 5.41) is 2.68. The zero-order valence-electron chi connectivity index (χ0n) is 25.7. The number of amides is 2. The Morgan fingerprint density at radius 2 is 1.46 bits per heavy atom. The fourth-order valence-electron chi connectivity index (χ4n) is 4.90. The minimum Gasteiger partial charge on any atom is -0.352 e. The fraction of sp³-hybridized carbons (Fsp3) is 0.235. The summed E-state index contributed by atoms with van der Waals surface area (Å²) >= 11 is 18.4. The molecular formula is C34H31Cl3F3N3O4S. The second-order valence-electron chi connectivity index (χ2n) is 11.1. The van der Waals surface area contributed by atoms with E-state index in [9.17, 15) is 31.2 Å². The van der Waals surface area contributed by atoms with Gasteiger partial charge in [0, 0.05) is 29.1 Å². The van der Waals surface area contributed by atoms with E-state index < -0.39 is 56.9 Å². The number of nitrogens with one attached hydrogen (secondary N) is 1. The maximum Gasteiger partial charge on any atom is 0.417 e. The molecule has 0 heterocycles. The van der Waals surface area contributed by atoms with Crippen molar-refractivity contribution in [3.63, 3.8) is 0 Å². The van der Waals surface area contributed by atoms with Gasteiger partial charge in [0.25, 0.3) is 10.0 Å². The third-order valence-corrected chi connectivity index (χ3v) is 9.92. The summed E-state index contributed by atoms with van der Waals surface area (Å²) in [4.78, 5) is 29.2. The van der Waals surface area contributed by atoms with Gasteiger partial charge in [0.05, 0.1) is 21.2 Å². The third-order valence-electron chi connectivity index (χ3n) is 7.21. The summed E-state index contributed by atoms with van der Waals surface area (Å²) in [5.74, 6) is -1.42. The largest absolute Gasteiger partial charge is 0.417 e. The Bertz CT molecular complexity index is 1860. The first-order valence-electron chi connectivity index (χ1n) is 14.6. The molecular weight excluding hydrogens is 710 g/mol. The molecule has 0 unspecified atom stereocenters. The molecule has 0 bridgehead atoms. The zero-order valence-corrected chi connectivity index (χ0v) is 28.8. The van der Waals surface area contributed by atoms with Crippen LogP contribution >= 0.6 is 34.8 Å². The van der Waals surface area contributed by atoms with Gasteiger partial charge in [-0.1, -0.05) is 89.4 Å². The van der Waals surface area contributed by atoms with Gasteiger partial charge < -0.3 is 10.2 Å². The predicted octanol–water partition coefficient (Wildman–Crippen LogP) is 8.03. The molecule has 4 rings (SSSR count). The molecule has 7 nitrogen and oxygen atoms in total. The maximum atomic E-state index is 14.5. The highest BCUT2D eigenvalue weighted by Gasteiger charge is 2.38. The van der Waals surface area contributed by atoms with Crippen LogP contribution in [-0.4, -0.2) is 43.8 Å². The number of sulfonamides is 1. The lowest BCUT2D eigenvalue weighted by Crippen LogP contribution is -2.54. The summed E-state index contributed by atoms with van der Waals surface area (Å²) in [7, 11) is -4.64. The van der Waals surface area contributed by atoms with E-state index in [-0.39, 0.29) is 28.9 Å². The van der Waals surface area contributed by atoms with Crippen LogP contribution < -0.4 is 9.62 Å². The van der Waals surface area contributed by atoms with Crippen LogP contribution in [0.5, 0.6) is 0 Å². The Hall–Kier alpha value is -3.77. The van der Waals surface area contributed by atoms with Gasteiger partial charge in [-0.15, -0.1) is 0 Å². The van der Waals surface area contributed by atoms with E-state index in [4.69, 9.17) is 34.8 Å². The SMILES string of the molecule is CC(C)NC(=O)[C@@H](Cc1ccccc1)N(Cc1ccc(Cl)cc1Cl)C(=O)CN(c1ccc(Cl)c(C(F)(F)F)c1)S(=O)(=O)c1ccccc1. The minimum absolute atomic E-state index is 0.0287. The number of hydrogen-bond donors (Lipinski definition) is 1. The maximum absolute atomic E-state index is 14.5. The smallest absolute Gasteiger partial charge is 0.352 e. The molecule has 0 aliphatic heterocycles. The number of rotatable bonds is 12. The monoisotopic (exact) mass is 739 g/mol. The van der Waals surface area contributed by atoms with Gasteiger partial charge in [0.15, 0.2) is 0 Å². The van der Waals surface area contributed by atoms with Crippen molar-refractivity contribution in [2.24, 2.45) is 0 Å². The molecule has 4 aromatic rings. The number of alkyl halides is 3. The van der Waals surface area contributed by atoms with E-state index >= 15 is 0 Å². The molecule has 0 radical (unpaired) electrons. The average Bonchev–Trinajstić information content (AvgIpc) is 3.02. The first-order chi connectivity index (χ1) is 22.6. The van der Waals surface area contributed by atoms with E-state index in [0.29, 0.717) is 26.5 Å².